The van der Waals surface area contributed by atoms with Gasteiger partial charge < -0.3 is 9.42 Å². The molecule has 1 saturated heterocycles. The Labute approximate surface area is 166 Å². The summed E-state index contributed by atoms with van der Waals surface area (Å²) in [6.45, 7) is 0.183. The van der Waals surface area contributed by atoms with Crippen molar-refractivity contribution in [2.24, 2.45) is 0 Å². The van der Waals surface area contributed by atoms with Crippen molar-refractivity contribution in [3.8, 4) is 11.4 Å². The summed E-state index contributed by atoms with van der Waals surface area (Å²) in [6, 6.07) is 12.1. The molecule has 1 aliphatic rings. The van der Waals surface area contributed by atoms with Crippen molar-refractivity contribution >= 4 is 27.5 Å². The molecule has 2 aromatic carbocycles. The van der Waals surface area contributed by atoms with Crippen molar-refractivity contribution in [2.45, 2.75) is 18.5 Å². The number of benzene rings is 2. The zero-order valence-electron chi connectivity index (χ0n) is 14.3. The molecule has 28 heavy (non-hydrogen) atoms. The van der Waals surface area contributed by atoms with Crippen LogP contribution in [-0.4, -0.2) is 22.6 Å². The van der Waals surface area contributed by atoms with Crippen LogP contribution in [-0.2, 0) is 11.0 Å². The van der Waals surface area contributed by atoms with Gasteiger partial charge in [0.15, 0.2) is 0 Å². The van der Waals surface area contributed by atoms with Gasteiger partial charge in [-0.2, -0.15) is 18.2 Å². The van der Waals surface area contributed by atoms with Gasteiger partial charge in [-0.1, -0.05) is 27.2 Å². The minimum absolute atomic E-state index is 0.0955. The Morgan fingerprint density at radius 1 is 1.14 bits per heavy atom. The van der Waals surface area contributed by atoms with E-state index in [9.17, 15) is 18.0 Å². The number of hydrogen-bond acceptors (Lipinski definition) is 4. The lowest BCUT2D eigenvalue weighted by Crippen LogP contribution is -2.24. The van der Waals surface area contributed by atoms with Gasteiger partial charge in [0.1, 0.15) is 0 Å². The molecule has 144 valence electrons. The third-order valence-corrected chi connectivity index (χ3v) is 5.03. The Balaban J connectivity index is 1.55. The smallest absolute Gasteiger partial charge is 0.339 e. The van der Waals surface area contributed by atoms with Gasteiger partial charge in [0.05, 0.1) is 11.5 Å². The third-order valence-electron chi connectivity index (χ3n) is 4.50. The van der Waals surface area contributed by atoms with Gasteiger partial charge in [-0.05, 0) is 42.5 Å². The SMILES string of the molecule is O=C1CC(c2nc(-c3ccc(Br)cc3)no2)CN1c1cccc(C(F)(F)F)c1. The predicted octanol–water partition coefficient (Wildman–Crippen LogP) is 5.04. The molecule has 1 fully saturated rings. The van der Waals surface area contributed by atoms with Crippen LogP contribution in [0, 0.1) is 0 Å². The summed E-state index contributed by atoms with van der Waals surface area (Å²) >= 11 is 3.35. The van der Waals surface area contributed by atoms with E-state index in [1.165, 1.54) is 17.0 Å². The van der Waals surface area contributed by atoms with Gasteiger partial charge in [-0.25, -0.2) is 0 Å². The average Bonchev–Trinajstić information content (AvgIpc) is 3.29. The Morgan fingerprint density at radius 3 is 2.61 bits per heavy atom. The number of rotatable bonds is 3. The number of halogens is 4. The minimum atomic E-state index is -4.47. The Bertz CT molecular complexity index is 1020. The standard InChI is InChI=1S/C19H13BrF3N3O2/c20-14-6-4-11(5-7-14)17-24-18(28-25-17)12-8-16(27)26(10-12)15-3-1-2-13(9-15)19(21,22)23/h1-7,9,12H,8,10H2. The highest BCUT2D eigenvalue weighted by atomic mass is 79.9. The Hall–Kier alpha value is -2.68. The van der Waals surface area contributed by atoms with Crippen LogP contribution < -0.4 is 4.90 Å². The highest BCUT2D eigenvalue weighted by molar-refractivity contribution is 9.10. The largest absolute Gasteiger partial charge is 0.416 e. The first-order valence-corrected chi connectivity index (χ1v) is 9.18. The van der Waals surface area contributed by atoms with Gasteiger partial charge in [0.25, 0.3) is 0 Å². The number of carbonyl (C=O) groups excluding carboxylic acids is 1. The number of hydrogen-bond donors (Lipinski definition) is 0. The van der Waals surface area contributed by atoms with Gasteiger partial charge in [0.2, 0.25) is 17.6 Å². The molecule has 0 radical (unpaired) electrons. The van der Waals surface area contributed by atoms with E-state index in [1.807, 2.05) is 24.3 Å². The van der Waals surface area contributed by atoms with E-state index in [2.05, 4.69) is 26.1 Å². The molecule has 4 rings (SSSR count). The molecule has 0 saturated carbocycles. The van der Waals surface area contributed by atoms with Crippen molar-refractivity contribution < 1.29 is 22.5 Å². The molecule has 0 aliphatic carbocycles. The van der Waals surface area contributed by atoms with E-state index in [0.29, 0.717) is 11.7 Å². The fraction of sp³-hybridized carbons (Fsp3) is 0.211. The number of anilines is 1. The summed E-state index contributed by atoms with van der Waals surface area (Å²) in [6.07, 6.45) is -4.37. The van der Waals surface area contributed by atoms with Crippen LogP contribution in [0.5, 0.6) is 0 Å². The monoisotopic (exact) mass is 451 g/mol. The zero-order chi connectivity index (χ0) is 19.9. The van der Waals surface area contributed by atoms with Gasteiger partial charge in [-0.15, -0.1) is 0 Å². The predicted molar refractivity (Wildman–Crippen MR) is 98.6 cm³/mol. The fourth-order valence-corrected chi connectivity index (χ4v) is 3.35. The van der Waals surface area contributed by atoms with Crippen molar-refractivity contribution in [1.29, 1.82) is 0 Å². The third kappa shape index (κ3) is 3.66. The van der Waals surface area contributed by atoms with Crippen molar-refractivity contribution in [2.75, 3.05) is 11.4 Å². The second-order valence-electron chi connectivity index (χ2n) is 6.42. The zero-order valence-corrected chi connectivity index (χ0v) is 15.9. The van der Waals surface area contributed by atoms with Crippen LogP contribution in [0.1, 0.15) is 23.8 Å². The lowest BCUT2D eigenvalue weighted by Gasteiger charge is -2.17. The van der Waals surface area contributed by atoms with Crippen LogP contribution in [0.25, 0.3) is 11.4 Å². The fourth-order valence-electron chi connectivity index (χ4n) is 3.09. The van der Waals surface area contributed by atoms with Gasteiger partial charge in [-0.3, -0.25) is 4.79 Å². The first kappa shape index (κ1) is 18.7. The Morgan fingerprint density at radius 2 is 1.89 bits per heavy atom. The molecule has 9 heteroatoms. The van der Waals surface area contributed by atoms with Crippen LogP contribution in [0.4, 0.5) is 18.9 Å². The molecule has 1 atom stereocenters. The quantitative estimate of drug-likeness (QED) is 0.559. The molecule has 5 nitrogen and oxygen atoms in total. The minimum Gasteiger partial charge on any atom is -0.339 e. The molecule has 1 amide bonds. The van der Waals surface area contributed by atoms with E-state index in [1.54, 1.807) is 0 Å². The van der Waals surface area contributed by atoms with Crippen LogP contribution in [0.15, 0.2) is 57.5 Å². The number of alkyl halides is 3. The molecule has 0 spiro atoms. The summed E-state index contributed by atoms with van der Waals surface area (Å²) in [5.41, 5.74) is 0.170. The lowest BCUT2D eigenvalue weighted by atomic mass is 10.1. The molecule has 1 aliphatic heterocycles. The lowest BCUT2D eigenvalue weighted by molar-refractivity contribution is -0.137. The molecule has 1 aromatic heterocycles. The van der Waals surface area contributed by atoms with Crippen LogP contribution in [0.2, 0.25) is 0 Å². The number of aromatic nitrogens is 2. The van der Waals surface area contributed by atoms with E-state index in [0.717, 1.165) is 22.2 Å². The first-order chi connectivity index (χ1) is 13.3. The number of nitrogens with zero attached hydrogens (tertiary/aromatic N) is 3. The van der Waals surface area contributed by atoms with E-state index in [4.69, 9.17) is 4.52 Å². The maximum Gasteiger partial charge on any atom is 0.416 e. The molecule has 3 aromatic rings. The van der Waals surface area contributed by atoms with E-state index >= 15 is 0 Å². The van der Waals surface area contributed by atoms with Crippen molar-refractivity contribution in [3.63, 3.8) is 0 Å². The summed E-state index contributed by atoms with van der Waals surface area (Å²) < 4.78 is 45.1. The Kier molecular flexibility index (Phi) is 4.70. The van der Waals surface area contributed by atoms with E-state index < -0.39 is 11.7 Å². The summed E-state index contributed by atoms with van der Waals surface area (Å²) in [4.78, 5) is 18.1. The van der Waals surface area contributed by atoms with Gasteiger partial charge in [0, 0.05) is 28.7 Å². The highest BCUT2D eigenvalue weighted by Crippen LogP contribution is 2.35. The van der Waals surface area contributed by atoms with Crippen molar-refractivity contribution in [3.05, 3.63) is 64.5 Å². The first-order valence-electron chi connectivity index (χ1n) is 8.38. The molecule has 0 N–H and O–H groups in total. The normalized spacial score (nSPS) is 17.4. The number of carbonyl (C=O) groups is 1. The maximum atomic E-state index is 12.9. The second kappa shape index (κ2) is 7.05. The molecular formula is C19H13BrF3N3O2. The summed E-state index contributed by atoms with van der Waals surface area (Å²) in [5, 5.41) is 3.95. The highest BCUT2D eigenvalue weighted by Gasteiger charge is 2.37. The van der Waals surface area contributed by atoms with Gasteiger partial charge >= 0.3 is 6.18 Å². The molecule has 1 unspecified atom stereocenters. The summed E-state index contributed by atoms with van der Waals surface area (Å²) in [5.74, 6) is 0.0275. The summed E-state index contributed by atoms with van der Waals surface area (Å²) in [7, 11) is 0. The molecule has 0 bridgehead atoms. The molecular weight excluding hydrogens is 439 g/mol. The van der Waals surface area contributed by atoms with Crippen LogP contribution in [0.3, 0.4) is 0 Å². The topological polar surface area (TPSA) is 59.2 Å². The van der Waals surface area contributed by atoms with Crippen LogP contribution >= 0.6 is 15.9 Å². The second-order valence-corrected chi connectivity index (χ2v) is 7.33. The average molecular weight is 452 g/mol. The number of amides is 1. The molecule has 2 heterocycles. The van der Waals surface area contributed by atoms with E-state index in [-0.39, 0.29) is 30.5 Å². The van der Waals surface area contributed by atoms with Crippen molar-refractivity contribution in [1.82, 2.24) is 10.1 Å². The maximum absolute atomic E-state index is 12.9.